The van der Waals surface area contributed by atoms with Gasteiger partial charge < -0.3 is 9.47 Å². The average molecular weight is 198 g/mol. The van der Waals surface area contributed by atoms with E-state index in [1.807, 2.05) is 6.92 Å². The highest BCUT2D eigenvalue weighted by Crippen LogP contribution is 2.28. The maximum atomic E-state index is 11.3. The third-order valence-electron chi connectivity index (χ3n) is 2.26. The van der Waals surface area contributed by atoms with E-state index in [0.29, 0.717) is 12.0 Å². The van der Waals surface area contributed by atoms with Gasteiger partial charge in [0.15, 0.2) is 5.60 Å². The van der Waals surface area contributed by atoms with Crippen LogP contribution in [-0.4, -0.2) is 24.1 Å². The smallest absolute Gasteiger partial charge is 0.333 e. The van der Waals surface area contributed by atoms with Crippen molar-refractivity contribution in [2.45, 2.75) is 32.3 Å². The molecule has 1 unspecified atom stereocenters. The third-order valence-corrected chi connectivity index (χ3v) is 2.26. The molecular weight excluding hydrogens is 184 g/mol. The minimum atomic E-state index is -0.771. The number of cyclic esters (lactones) is 1. The molecule has 78 valence electrons. The predicted octanol–water partition coefficient (Wildman–Crippen LogP) is 1.20. The Balaban J connectivity index is 2.68. The molecule has 1 aliphatic rings. The van der Waals surface area contributed by atoms with E-state index in [2.05, 4.69) is 6.58 Å². The summed E-state index contributed by atoms with van der Waals surface area (Å²) < 4.78 is 9.99. The lowest BCUT2D eigenvalue weighted by Crippen LogP contribution is -2.35. The van der Waals surface area contributed by atoms with Gasteiger partial charge in [0.05, 0.1) is 6.42 Å². The van der Waals surface area contributed by atoms with Crippen LogP contribution in [0.2, 0.25) is 0 Å². The molecule has 0 bridgehead atoms. The molecule has 1 rings (SSSR count). The van der Waals surface area contributed by atoms with Crippen LogP contribution in [0.3, 0.4) is 0 Å². The molecule has 0 amide bonds. The molecule has 14 heavy (non-hydrogen) atoms. The van der Waals surface area contributed by atoms with Crippen molar-refractivity contribution in [1.29, 1.82) is 0 Å². The maximum absolute atomic E-state index is 11.3. The number of esters is 2. The number of carbonyl (C=O) groups excluding carboxylic acids is 2. The second-order valence-corrected chi connectivity index (χ2v) is 3.54. The molecule has 1 atom stereocenters. The molecule has 1 saturated heterocycles. The summed E-state index contributed by atoms with van der Waals surface area (Å²) in [7, 11) is 0. The van der Waals surface area contributed by atoms with Crippen molar-refractivity contribution < 1.29 is 19.1 Å². The molecule has 0 saturated carbocycles. The van der Waals surface area contributed by atoms with E-state index >= 15 is 0 Å². The number of rotatable bonds is 3. The Labute approximate surface area is 82.9 Å². The van der Waals surface area contributed by atoms with Gasteiger partial charge in [0.1, 0.15) is 6.61 Å². The molecule has 1 fully saturated rings. The van der Waals surface area contributed by atoms with Gasteiger partial charge in [-0.3, -0.25) is 4.79 Å². The van der Waals surface area contributed by atoms with Crippen molar-refractivity contribution in [2.75, 3.05) is 6.61 Å². The fraction of sp³-hybridized carbons (Fsp3) is 0.600. The Kier molecular flexibility index (Phi) is 2.93. The minimum Gasteiger partial charge on any atom is -0.461 e. The Bertz CT molecular complexity index is 282. The fourth-order valence-corrected chi connectivity index (χ4v) is 1.23. The molecule has 4 heteroatoms. The monoisotopic (exact) mass is 198 g/mol. The van der Waals surface area contributed by atoms with Gasteiger partial charge in [-0.1, -0.05) is 13.5 Å². The molecule has 0 radical (unpaired) electrons. The highest BCUT2D eigenvalue weighted by atomic mass is 16.6. The largest absolute Gasteiger partial charge is 0.461 e. The molecule has 1 heterocycles. The summed E-state index contributed by atoms with van der Waals surface area (Å²) in [6, 6.07) is 0. The van der Waals surface area contributed by atoms with E-state index in [1.165, 1.54) is 0 Å². The second-order valence-electron chi connectivity index (χ2n) is 3.54. The van der Waals surface area contributed by atoms with E-state index in [4.69, 9.17) is 9.47 Å². The molecule has 4 nitrogen and oxygen atoms in total. The summed E-state index contributed by atoms with van der Waals surface area (Å²) >= 11 is 0. The third kappa shape index (κ3) is 2.13. The first-order valence-electron chi connectivity index (χ1n) is 4.53. The van der Waals surface area contributed by atoms with Crippen molar-refractivity contribution in [3.63, 3.8) is 0 Å². The molecular formula is C10H14O4. The van der Waals surface area contributed by atoms with Crippen LogP contribution in [0, 0.1) is 0 Å². The summed E-state index contributed by atoms with van der Waals surface area (Å²) in [6.07, 6.45) is 0.709. The zero-order chi connectivity index (χ0) is 10.8. The van der Waals surface area contributed by atoms with Gasteiger partial charge >= 0.3 is 11.9 Å². The summed E-state index contributed by atoms with van der Waals surface area (Å²) in [5, 5.41) is 0. The highest BCUT2D eigenvalue weighted by molar-refractivity contribution is 5.87. The van der Waals surface area contributed by atoms with Crippen LogP contribution in [0.25, 0.3) is 0 Å². The number of carbonyl (C=O) groups is 2. The van der Waals surface area contributed by atoms with Crippen molar-refractivity contribution in [3.8, 4) is 0 Å². The summed E-state index contributed by atoms with van der Waals surface area (Å²) in [5.41, 5.74) is -0.440. The highest BCUT2D eigenvalue weighted by Gasteiger charge is 2.42. The fourth-order valence-electron chi connectivity index (χ4n) is 1.23. The lowest BCUT2D eigenvalue weighted by molar-refractivity contribution is -0.155. The number of hydrogen-bond acceptors (Lipinski definition) is 4. The SMILES string of the molecule is C=C(C)C(=O)OC1(CC)COC(=O)C1. The molecule has 0 spiro atoms. The summed E-state index contributed by atoms with van der Waals surface area (Å²) in [6.45, 7) is 7.06. The molecule has 0 aliphatic carbocycles. The van der Waals surface area contributed by atoms with E-state index in [0.717, 1.165) is 0 Å². The van der Waals surface area contributed by atoms with Crippen molar-refractivity contribution in [3.05, 3.63) is 12.2 Å². The first-order chi connectivity index (χ1) is 6.49. The quantitative estimate of drug-likeness (QED) is 0.505. The van der Waals surface area contributed by atoms with Gasteiger partial charge in [0, 0.05) is 5.57 Å². The van der Waals surface area contributed by atoms with Crippen molar-refractivity contribution >= 4 is 11.9 Å². The standard InChI is InChI=1S/C10H14O4/c1-4-10(5-8(11)13-6-10)14-9(12)7(2)3/h2,4-6H2,1,3H3. The van der Waals surface area contributed by atoms with Crippen LogP contribution < -0.4 is 0 Å². The van der Waals surface area contributed by atoms with Crippen molar-refractivity contribution in [2.24, 2.45) is 0 Å². The molecule has 0 N–H and O–H groups in total. The molecule has 0 aromatic carbocycles. The van der Waals surface area contributed by atoms with Gasteiger partial charge in [-0.2, -0.15) is 0 Å². The second kappa shape index (κ2) is 3.82. The van der Waals surface area contributed by atoms with Crippen LogP contribution >= 0.6 is 0 Å². The number of ether oxygens (including phenoxy) is 2. The normalized spacial score (nSPS) is 25.7. The van der Waals surface area contributed by atoms with Gasteiger partial charge in [-0.05, 0) is 13.3 Å². The van der Waals surface area contributed by atoms with Gasteiger partial charge in [0.25, 0.3) is 0 Å². The van der Waals surface area contributed by atoms with Gasteiger partial charge in [-0.15, -0.1) is 0 Å². The van der Waals surface area contributed by atoms with E-state index < -0.39 is 11.6 Å². The molecule has 1 aliphatic heterocycles. The average Bonchev–Trinajstić information content (AvgIpc) is 2.48. The zero-order valence-electron chi connectivity index (χ0n) is 8.46. The van der Waals surface area contributed by atoms with E-state index in [1.54, 1.807) is 6.92 Å². The van der Waals surface area contributed by atoms with Crippen molar-refractivity contribution in [1.82, 2.24) is 0 Å². The minimum absolute atomic E-state index is 0.141. The summed E-state index contributed by atoms with van der Waals surface area (Å²) in [5.74, 6) is -0.786. The Morgan fingerprint density at radius 3 is 2.71 bits per heavy atom. The van der Waals surface area contributed by atoms with Gasteiger partial charge in [-0.25, -0.2) is 4.79 Å². The van der Waals surface area contributed by atoms with E-state index in [9.17, 15) is 9.59 Å². The lowest BCUT2D eigenvalue weighted by Gasteiger charge is -2.24. The number of hydrogen-bond donors (Lipinski definition) is 0. The Hall–Kier alpha value is -1.32. The first kappa shape index (κ1) is 10.8. The molecule has 0 aromatic rings. The Morgan fingerprint density at radius 1 is 1.71 bits per heavy atom. The summed E-state index contributed by atoms with van der Waals surface area (Å²) in [4.78, 5) is 22.2. The topological polar surface area (TPSA) is 52.6 Å². The lowest BCUT2D eigenvalue weighted by atomic mass is 9.99. The van der Waals surface area contributed by atoms with Crippen LogP contribution in [0.4, 0.5) is 0 Å². The Morgan fingerprint density at radius 2 is 2.36 bits per heavy atom. The van der Waals surface area contributed by atoms with Crippen LogP contribution in [-0.2, 0) is 19.1 Å². The molecule has 0 aromatic heterocycles. The first-order valence-corrected chi connectivity index (χ1v) is 4.53. The van der Waals surface area contributed by atoms with Crippen LogP contribution in [0.5, 0.6) is 0 Å². The van der Waals surface area contributed by atoms with Crippen LogP contribution in [0.15, 0.2) is 12.2 Å². The maximum Gasteiger partial charge on any atom is 0.333 e. The van der Waals surface area contributed by atoms with E-state index in [-0.39, 0.29) is 19.0 Å². The zero-order valence-corrected chi connectivity index (χ0v) is 8.46. The predicted molar refractivity (Wildman–Crippen MR) is 49.5 cm³/mol. The van der Waals surface area contributed by atoms with Gasteiger partial charge in [0.2, 0.25) is 0 Å². The van der Waals surface area contributed by atoms with Crippen LogP contribution in [0.1, 0.15) is 26.7 Å².